The summed E-state index contributed by atoms with van der Waals surface area (Å²) in [6.07, 6.45) is 3.17. The Kier molecular flexibility index (Phi) is 4.39. The van der Waals surface area contributed by atoms with Gasteiger partial charge in [-0.3, -0.25) is 9.69 Å². The molecule has 1 amide bonds. The van der Waals surface area contributed by atoms with Gasteiger partial charge in [-0.05, 0) is 12.8 Å². The molecule has 1 aliphatic heterocycles. The highest BCUT2D eigenvalue weighted by Crippen LogP contribution is 2.25. The predicted octanol–water partition coefficient (Wildman–Crippen LogP) is 0.0738. The second kappa shape index (κ2) is 6.03. The minimum absolute atomic E-state index is 0.260. The second-order valence-corrected chi connectivity index (χ2v) is 4.96. The summed E-state index contributed by atoms with van der Waals surface area (Å²) in [5, 5.41) is 3.61. The molecule has 1 aromatic heterocycles. The molecule has 1 aromatic rings. The van der Waals surface area contributed by atoms with Gasteiger partial charge in [0, 0.05) is 19.1 Å². The van der Waals surface area contributed by atoms with Crippen molar-refractivity contribution in [2.75, 3.05) is 30.7 Å². The van der Waals surface area contributed by atoms with Crippen LogP contribution in [0.4, 0.5) is 11.6 Å². The standard InChI is InChI=1S/C11H17ClN6O/c12-9-10(14)15-6-16-11(9)17-7-1-3-18(4-2-7)5-8(13)19/h6-7H,1-5H2,(H2,13,19)(H3,14,15,16,17). The number of primary amides is 1. The van der Waals surface area contributed by atoms with Crippen LogP contribution in [0.25, 0.3) is 0 Å². The van der Waals surface area contributed by atoms with Crippen LogP contribution in [0.5, 0.6) is 0 Å². The number of aromatic nitrogens is 2. The normalized spacial score (nSPS) is 17.3. The number of nitrogen functional groups attached to an aromatic ring is 1. The van der Waals surface area contributed by atoms with Gasteiger partial charge in [0.25, 0.3) is 0 Å². The molecular formula is C11H17ClN6O. The van der Waals surface area contributed by atoms with Crippen molar-refractivity contribution in [3.05, 3.63) is 11.3 Å². The van der Waals surface area contributed by atoms with E-state index in [0.29, 0.717) is 17.4 Å². The van der Waals surface area contributed by atoms with Crippen molar-refractivity contribution in [1.29, 1.82) is 0 Å². The number of anilines is 2. The average molecular weight is 285 g/mol. The van der Waals surface area contributed by atoms with Crippen LogP contribution in [0.15, 0.2) is 6.33 Å². The summed E-state index contributed by atoms with van der Waals surface area (Å²) in [6, 6.07) is 0.260. The van der Waals surface area contributed by atoms with E-state index in [9.17, 15) is 4.79 Å². The first-order chi connectivity index (χ1) is 9.06. The third-order valence-corrected chi connectivity index (χ3v) is 3.50. The van der Waals surface area contributed by atoms with Crippen LogP contribution in [-0.2, 0) is 4.79 Å². The molecule has 0 unspecified atom stereocenters. The molecule has 2 rings (SSSR count). The Bertz CT molecular complexity index is 460. The summed E-state index contributed by atoms with van der Waals surface area (Å²) < 4.78 is 0. The fraction of sp³-hybridized carbons (Fsp3) is 0.545. The van der Waals surface area contributed by atoms with E-state index in [1.807, 2.05) is 4.90 Å². The minimum Gasteiger partial charge on any atom is -0.382 e. The molecule has 2 heterocycles. The first-order valence-electron chi connectivity index (χ1n) is 6.09. The molecule has 19 heavy (non-hydrogen) atoms. The molecule has 0 radical (unpaired) electrons. The van der Waals surface area contributed by atoms with Gasteiger partial charge in [0.05, 0.1) is 6.54 Å². The number of piperidine rings is 1. The molecule has 0 aromatic carbocycles. The van der Waals surface area contributed by atoms with Crippen LogP contribution in [-0.4, -0.2) is 46.5 Å². The minimum atomic E-state index is -0.293. The number of nitrogens with zero attached hydrogens (tertiary/aromatic N) is 3. The molecule has 1 saturated heterocycles. The molecule has 0 saturated carbocycles. The van der Waals surface area contributed by atoms with Gasteiger partial charge in [-0.15, -0.1) is 0 Å². The van der Waals surface area contributed by atoms with E-state index in [1.54, 1.807) is 0 Å². The number of nitrogens with two attached hydrogens (primary N) is 2. The lowest BCUT2D eigenvalue weighted by Crippen LogP contribution is -2.43. The number of hydrogen-bond donors (Lipinski definition) is 3. The van der Waals surface area contributed by atoms with E-state index in [-0.39, 0.29) is 17.8 Å². The lowest BCUT2D eigenvalue weighted by atomic mass is 10.1. The molecule has 0 atom stereocenters. The van der Waals surface area contributed by atoms with Gasteiger partial charge in [-0.25, -0.2) is 9.97 Å². The van der Waals surface area contributed by atoms with Gasteiger partial charge in [0.2, 0.25) is 5.91 Å². The largest absolute Gasteiger partial charge is 0.382 e. The van der Waals surface area contributed by atoms with E-state index < -0.39 is 0 Å². The number of carbonyl (C=O) groups is 1. The zero-order chi connectivity index (χ0) is 13.8. The number of halogens is 1. The van der Waals surface area contributed by atoms with Crippen molar-refractivity contribution in [1.82, 2.24) is 14.9 Å². The van der Waals surface area contributed by atoms with E-state index >= 15 is 0 Å². The van der Waals surface area contributed by atoms with Crippen LogP contribution in [0.3, 0.4) is 0 Å². The predicted molar refractivity (Wildman–Crippen MR) is 73.7 cm³/mol. The Labute approximate surface area is 116 Å². The van der Waals surface area contributed by atoms with Crippen molar-refractivity contribution in [2.24, 2.45) is 5.73 Å². The Hall–Kier alpha value is -1.60. The maximum atomic E-state index is 10.8. The third-order valence-electron chi connectivity index (χ3n) is 3.12. The molecule has 0 bridgehead atoms. The van der Waals surface area contributed by atoms with E-state index in [2.05, 4.69) is 15.3 Å². The number of amides is 1. The van der Waals surface area contributed by atoms with Gasteiger partial charge < -0.3 is 16.8 Å². The van der Waals surface area contributed by atoms with Crippen LogP contribution in [0.1, 0.15) is 12.8 Å². The van der Waals surface area contributed by atoms with Crippen molar-refractivity contribution in [3.8, 4) is 0 Å². The molecule has 0 spiro atoms. The van der Waals surface area contributed by atoms with Crippen molar-refractivity contribution in [3.63, 3.8) is 0 Å². The van der Waals surface area contributed by atoms with Gasteiger partial charge in [-0.1, -0.05) is 11.6 Å². The highest BCUT2D eigenvalue weighted by molar-refractivity contribution is 6.35. The van der Waals surface area contributed by atoms with Crippen molar-refractivity contribution < 1.29 is 4.79 Å². The summed E-state index contributed by atoms with van der Waals surface area (Å²) in [6.45, 7) is 1.95. The highest BCUT2D eigenvalue weighted by Gasteiger charge is 2.21. The van der Waals surface area contributed by atoms with Crippen LogP contribution < -0.4 is 16.8 Å². The Morgan fingerprint density at radius 2 is 2.16 bits per heavy atom. The summed E-state index contributed by atoms with van der Waals surface area (Å²) in [4.78, 5) is 20.8. The summed E-state index contributed by atoms with van der Waals surface area (Å²) >= 11 is 6.03. The summed E-state index contributed by atoms with van der Waals surface area (Å²) in [7, 11) is 0. The summed E-state index contributed by atoms with van der Waals surface area (Å²) in [5.41, 5.74) is 10.8. The zero-order valence-electron chi connectivity index (χ0n) is 10.5. The van der Waals surface area contributed by atoms with E-state index in [1.165, 1.54) is 6.33 Å². The number of likely N-dealkylation sites (tertiary alicyclic amines) is 1. The quantitative estimate of drug-likeness (QED) is 0.722. The third kappa shape index (κ3) is 3.68. The van der Waals surface area contributed by atoms with E-state index in [0.717, 1.165) is 25.9 Å². The molecular weight excluding hydrogens is 268 g/mol. The molecule has 104 valence electrons. The van der Waals surface area contributed by atoms with Crippen LogP contribution in [0.2, 0.25) is 5.02 Å². The molecule has 0 aliphatic carbocycles. The highest BCUT2D eigenvalue weighted by atomic mass is 35.5. The Morgan fingerprint density at radius 1 is 1.47 bits per heavy atom. The molecule has 5 N–H and O–H groups in total. The maximum Gasteiger partial charge on any atom is 0.231 e. The topological polar surface area (TPSA) is 110 Å². The molecule has 8 heteroatoms. The van der Waals surface area contributed by atoms with E-state index in [4.69, 9.17) is 23.1 Å². The molecule has 7 nitrogen and oxygen atoms in total. The Morgan fingerprint density at radius 3 is 2.79 bits per heavy atom. The molecule has 1 fully saturated rings. The van der Waals surface area contributed by atoms with Gasteiger partial charge in [-0.2, -0.15) is 0 Å². The zero-order valence-corrected chi connectivity index (χ0v) is 11.2. The van der Waals surface area contributed by atoms with Crippen molar-refractivity contribution in [2.45, 2.75) is 18.9 Å². The first kappa shape index (κ1) is 13.8. The second-order valence-electron chi connectivity index (χ2n) is 4.58. The average Bonchev–Trinajstić information content (AvgIpc) is 2.37. The first-order valence-corrected chi connectivity index (χ1v) is 6.47. The SMILES string of the molecule is NC(=O)CN1CCC(Nc2ncnc(N)c2Cl)CC1. The monoisotopic (exact) mass is 284 g/mol. The maximum absolute atomic E-state index is 10.8. The fourth-order valence-electron chi connectivity index (χ4n) is 2.13. The van der Waals surface area contributed by atoms with Crippen molar-refractivity contribution >= 4 is 29.1 Å². The van der Waals surface area contributed by atoms with Crippen LogP contribution >= 0.6 is 11.6 Å². The van der Waals surface area contributed by atoms with Gasteiger partial charge >= 0.3 is 0 Å². The number of carbonyl (C=O) groups excluding carboxylic acids is 1. The van der Waals surface area contributed by atoms with Gasteiger partial charge in [0.15, 0.2) is 5.82 Å². The van der Waals surface area contributed by atoms with Gasteiger partial charge in [0.1, 0.15) is 17.2 Å². The van der Waals surface area contributed by atoms with Crippen LogP contribution in [0, 0.1) is 0 Å². The number of nitrogens with one attached hydrogen (secondary N) is 1. The smallest absolute Gasteiger partial charge is 0.231 e. The Balaban J connectivity index is 1.89. The fourth-order valence-corrected chi connectivity index (χ4v) is 2.29. The number of hydrogen-bond acceptors (Lipinski definition) is 6. The molecule has 1 aliphatic rings. The summed E-state index contributed by atoms with van der Waals surface area (Å²) in [5.74, 6) is 0.533. The number of rotatable bonds is 4. The lowest BCUT2D eigenvalue weighted by Gasteiger charge is -2.31. The lowest BCUT2D eigenvalue weighted by molar-refractivity contribution is -0.119.